The van der Waals surface area contributed by atoms with Crippen LogP contribution in [0.5, 0.6) is 11.5 Å². The number of hydrogen-bond acceptors (Lipinski definition) is 4. The maximum absolute atomic E-state index is 10.9. The Morgan fingerprint density at radius 3 is 2.95 bits per heavy atom. The van der Waals surface area contributed by atoms with Crippen molar-refractivity contribution >= 4 is 15.9 Å². The van der Waals surface area contributed by atoms with Crippen molar-refractivity contribution in [1.82, 2.24) is 0 Å². The van der Waals surface area contributed by atoms with Gasteiger partial charge in [0.05, 0.1) is 10.6 Å². The van der Waals surface area contributed by atoms with Gasteiger partial charge >= 0.3 is 0 Å². The first-order chi connectivity index (χ1) is 10.1. The van der Waals surface area contributed by atoms with Crippen LogP contribution in [0.25, 0.3) is 0 Å². The Morgan fingerprint density at radius 1 is 1.48 bits per heavy atom. The summed E-state index contributed by atoms with van der Waals surface area (Å²) in [5.41, 5.74) is 6.69. The van der Waals surface area contributed by atoms with E-state index < -0.39 is 6.10 Å². The van der Waals surface area contributed by atoms with Crippen molar-refractivity contribution in [2.75, 3.05) is 13.3 Å². The molecular formula is C16H22BrNO3. The van der Waals surface area contributed by atoms with E-state index in [0.717, 1.165) is 35.7 Å². The summed E-state index contributed by atoms with van der Waals surface area (Å²) in [7, 11) is 0. The van der Waals surface area contributed by atoms with Crippen molar-refractivity contribution in [3.63, 3.8) is 0 Å². The van der Waals surface area contributed by atoms with Crippen LogP contribution in [0, 0.1) is 11.3 Å². The van der Waals surface area contributed by atoms with Gasteiger partial charge in [0.1, 0.15) is 0 Å². The monoisotopic (exact) mass is 355 g/mol. The Labute approximate surface area is 133 Å². The van der Waals surface area contributed by atoms with E-state index in [4.69, 9.17) is 15.2 Å². The second kappa shape index (κ2) is 5.78. The number of aliphatic hydroxyl groups excluding tert-OH is 1. The minimum absolute atomic E-state index is 0.214. The molecule has 1 aromatic carbocycles. The van der Waals surface area contributed by atoms with Gasteiger partial charge < -0.3 is 20.3 Å². The Kier molecular flexibility index (Phi) is 4.17. The maximum Gasteiger partial charge on any atom is 0.231 e. The first-order valence-electron chi connectivity index (χ1n) is 7.57. The van der Waals surface area contributed by atoms with Crippen molar-refractivity contribution in [3.05, 3.63) is 22.2 Å². The molecule has 1 saturated carbocycles. The lowest BCUT2D eigenvalue weighted by molar-refractivity contribution is 0.0300. The SMILES string of the molecule is CCC1CCC(CN)(C(O)c2cc(Br)c3c(c2)OCO3)C1. The number of benzene rings is 1. The van der Waals surface area contributed by atoms with Gasteiger partial charge in [-0.05, 0) is 58.8 Å². The van der Waals surface area contributed by atoms with E-state index in [-0.39, 0.29) is 12.2 Å². The standard InChI is InChI=1S/C16H22BrNO3/c1-2-10-3-4-16(7-10,8-18)15(19)11-5-12(17)14-13(6-11)20-9-21-14/h5-6,10,15,19H,2-4,7-9,18H2,1H3. The number of aliphatic hydroxyl groups is 1. The summed E-state index contributed by atoms with van der Waals surface area (Å²) in [5.74, 6) is 2.07. The fourth-order valence-electron chi connectivity index (χ4n) is 3.66. The normalized spacial score (nSPS) is 28.9. The average molecular weight is 356 g/mol. The highest BCUT2D eigenvalue weighted by Crippen LogP contribution is 2.52. The van der Waals surface area contributed by atoms with E-state index in [1.54, 1.807) is 0 Å². The Morgan fingerprint density at radius 2 is 2.29 bits per heavy atom. The summed E-state index contributed by atoms with van der Waals surface area (Å²) in [6.45, 7) is 2.95. The number of rotatable bonds is 4. The lowest BCUT2D eigenvalue weighted by Gasteiger charge is -2.34. The molecular weight excluding hydrogens is 334 g/mol. The number of halogens is 1. The molecule has 1 heterocycles. The number of fused-ring (bicyclic) bond motifs is 1. The molecule has 0 bridgehead atoms. The van der Waals surface area contributed by atoms with Gasteiger partial charge in [-0.1, -0.05) is 13.3 Å². The van der Waals surface area contributed by atoms with Crippen LogP contribution in [0.4, 0.5) is 0 Å². The zero-order valence-electron chi connectivity index (χ0n) is 12.3. The molecule has 0 radical (unpaired) electrons. The Hall–Kier alpha value is -0.780. The molecule has 21 heavy (non-hydrogen) atoms. The van der Waals surface area contributed by atoms with Crippen molar-refractivity contribution in [3.8, 4) is 11.5 Å². The van der Waals surface area contributed by atoms with Crippen LogP contribution in [0.15, 0.2) is 16.6 Å². The molecule has 2 aliphatic rings. The molecule has 0 amide bonds. The van der Waals surface area contributed by atoms with Crippen LogP contribution >= 0.6 is 15.9 Å². The molecule has 5 heteroatoms. The van der Waals surface area contributed by atoms with Crippen molar-refractivity contribution in [2.24, 2.45) is 17.1 Å². The van der Waals surface area contributed by atoms with Gasteiger partial charge in [-0.15, -0.1) is 0 Å². The van der Waals surface area contributed by atoms with Gasteiger partial charge in [-0.25, -0.2) is 0 Å². The molecule has 1 aliphatic carbocycles. The molecule has 3 atom stereocenters. The fraction of sp³-hybridized carbons (Fsp3) is 0.625. The van der Waals surface area contributed by atoms with Gasteiger partial charge in [0.15, 0.2) is 11.5 Å². The molecule has 4 nitrogen and oxygen atoms in total. The minimum Gasteiger partial charge on any atom is -0.454 e. The first-order valence-corrected chi connectivity index (χ1v) is 8.36. The molecule has 0 saturated heterocycles. The summed E-state index contributed by atoms with van der Waals surface area (Å²) < 4.78 is 11.7. The van der Waals surface area contributed by atoms with Crippen LogP contribution < -0.4 is 15.2 Å². The molecule has 0 spiro atoms. The van der Waals surface area contributed by atoms with E-state index >= 15 is 0 Å². The zero-order valence-corrected chi connectivity index (χ0v) is 13.9. The topological polar surface area (TPSA) is 64.7 Å². The van der Waals surface area contributed by atoms with E-state index in [0.29, 0.717) is 24.0 Å². The molecule has 1 aliphatic heterocycles. The third-order valence-electron chi connectivity index (χ3n) is 5.07. The Balaban J connectivity index is 1.91. The highest BCUT2D eigenvalue weighted by atomic mass is 79.9. The minimum atomic E-state index is -0.565. The van der Waals surface area contributed by atoms with E-state index in [1.165, 1.54) is 0 Å². The van der Waals surface area contributed by atoms with Crippen molar-refractivity contribution in [2.45, 2.75) is 38.7 Å². The van der Waals surface area contributed by atoms with Gasteiger partial charge in [0.25, 0.3) is 0 Å². The number of ether oxygens (including phenoxy) is 2. The van der Waals surface area contributed by atoms with Gasteiger partial charge in [-0.3, -0.25) is 0 Å². The number of nitrogens with two attached hydrogens (primary N) is 1. The predicted molar refractivity (Wildman–Crippen MR) is 84.3 cm³/mol. The predicted octanol–water partition coefficient (Wildman–Crippen LogP) is 3.37. The van der Waals surface area contributed by atoms with Crippen molar-refractivity contribution in [1.29, 1.82) is 0 Å². The maximum atomic E-state index is 10.9. The average Bonchev–Trinajstić information content (AvgIpc) is 3.13. The third-order valence-corrected chi connectivity index (χ3v) is 5.66. The molecule has 3 rings (SSSR count). The Bertz CT molecular complexity index is 536. The van der Waals surface area contributed by atoms with Crippen LogP contribution in [0.3, 0.4) is 0 Å². The lowest BCUT2D eigenvalue weighted by Crippen LogP contribution is -2.34. The van der Waals surface area contributed by atoms with E-state index in [9.17, 15) is 5.11 Å². The summed E-state index contributed by atoms with van der Waals surface area (Å²) in [4.78, 5) is 0. The van der Waals surface area contributed by atoms with Crippen LogP contribution in [-0.2, 0) is 0 Å². The number of hydrogen-bond donors (Lipinski definition) is 2. The van der Waals surface area contributed by atoms with E-state index in [1.807, 2.05) is 12.1 Å². The molecule has 3 N–H and O–H groups in total. The fourth-order valence-corrected chi connectivity index (χ4v) is 4.24. The smallest absolute Gasteiger partial charge is 0.231 e. The zero-order chi connectivity index (χ0) is 15.0. The van der Waals surface area contributed by atoms with Gasteiger partial charge in [0, 0.05) is 12.0 Å². The highest BCUT2D eigenvalue weighted by Gasteiger charge is 2.44. The summed E-state index contributed by atoms with van der Waals surface area (Å²) in [5, 5.41) is 10.9. The molecule has 116 valence electrons. The molecule has 1 fully saturated rings. The summed E-state index contributed by atoms with van der Waals surface area (Å²) >= 11 is 3.49. The second-order valence-corrected chi connectivity index (χ2v) is 7.08. The molecule has 3 unspecified atom stereocenters. The van der Waals surface area contributed by atoms with E-state index in [2.05, 4.69) is 22.9 Å². The lowest BCUT2D eigenvalue weighted by atomic mass is 9.76. The second-order valence-electron chi connectivity index (χ2n) is 6.22. The van der Waals surface area contributed by atoms with Gasteiger partial charge in [-0.2, -0.15) is 0 Å². The van der Waals surface area contributed by atoms with Crippen LogP contribution in [-0.4, -0.2) is 18.4 Å². The summed E-state index contributed by atoms with van der Waals surface area (Å²) in [6.07, 6.45) is 3.71. The first kappa shape index (κ1) is 15.1. The quantitative estimate of drug-likeness (QED) is 0.868. The van der Waals surface area contributed by atoms with Crippen molar-refractivity contribution < 1.29 is 14.6 Å². The van der Waals surface area contributed by atoms with Gasteiger partial charge in [0.2, 0.25) is 6.79 Å². The van der Waals surface area contributed by atoms with Crippen LogP contribution in [0.1, 0.15) is 44.3 Å². The molecule has 1 aromatic rings. The highest BCUT2D eigenvalue weighted by molar-refractivity contribution is 9.10. The van der Waals surface area contributed by atoms with Crippen LogP contribution in [0.2, 0.25) is 0 Å². The summed E-state index contributed by atoms with van der Waals surface area (Å²) in [6, 6.07) is 3.81. The largest absolute Gasteiger partial charge is 0.454 e. The third kappa shape index (κ3) is 2.56. The molecule has 0 aromatic heterocycles.